The Balaban J connectivity index is 1.72. The second-order valence-electron chi connectivity index (χ2n) is 6.39. The molecule has 1 atom stereocenters. The third kappa shape index (κ3) is 5.40. The van der Waals surface area contributed by atoms with E-state index in [1.54, 1.807) is 7.11 Å². The summed E-state index contributed by atoms with van der Waals surface area (Å²) in [5, 5.41) is 3.30. The number of para-hydroxylation sites is 1. The zero-order valence-corrected chi connectivity index (χ0v) is 17.8. The maximum atomic E-state index is 12.4. The van der Waals surface area contributed by atoms with Crippen molar-refractivity contribution in [1.82, 2.24) is 14.3 Å². The molecule has 0 fully saturated rings. The van der Waals surface area contributed by atoms with Gasteiger partial charge in [0.05, 0.1) is 29.5 Å². The van der Waals surface area contributed by atoms with Crippen LogP contribution < -0.4 is 10.1 Å². The Bertz CT molecular complexity index is 959. The van der Waals surface area contributed by atoms with Gasteiger partial charge in [0.15, 0.2) is 0 Å². The Morgan fingerprint density at radius 1 is 1.03 bits per heavy atom. The normalized spacial score (nSPS) is 12.0. The lowest BCUT2D eigenvalue weighted by Crippen LogP contribution is -2.26. The number of ether oxygens (including phenoxy) is 1. The van der Waals surface area contributed by atoms with Crippen molar-refractivity contribution in [1.29, 1.82) is 0 Å². The zero-order chi connectivity index (χ0) is 20.6. The van der Waals surface area contributed by atoms with E-state index in [-0.39, 0.29) is 0 Å². The first-order valence-corrected chi connectivity index (χ1v) is 10.9. The van der Waals surface area contributed by atoms with Gasteiger partial charge in [-0.05, 0) is 29.8 Å². The molecule has 0 radical (unpaired) electrons. The summed E-state index contributed by atoms with van der Waals surface area (Å²) < 4.78 is 19.7. The molecule has 0 amide bonds. The van der Waals surface area contributed by atoms with Gasteiger partial charge in [0.1, 0.15) is 17.9 Å². The molecule has 1 heterocycles. The number of anilines is 2. The molecule has 0 aliphatic heterocycles. The Morgan fingerprint density at radius 3 is 2.45 bits per heavy atom. The molecule has 0 aliphatic carbocycles. The molecule has 1 aromatic heterocycles. The van der Waals surface area contributed by atoms with Crippen LogP contribution in [0, 0.1) is 0 Å². The predicted molar refractivity (Wildman–Crippen MR) is 119 cm³/mol. The summed E-state index contributed by atoms with van der Waals surface area (Å²) in [5.74, 6) is 1.98. The average molecular weight is 411 g/mol. The fourth-order valence-electron chi connectivity index (χ4n) is 3.01. The summed E-state index contributed by atoms with van der Waals surface area (Å²) in [6.07, 6.45) is 1.53. The van der Waals surface area contributed by atoms with Gasteiger partial charge < -0.3 is 10.1 Å². The molecule has 1 unspecified atom stereocenters. The van der Waals surface area contributed by atoms with Crippen molar-refractivity contribution in [2.75, 3.05) is 25.5 Å². The number of hydrogen-bond donors (Lipinski definition) is 1. The Kier molecular flexibility index (Phi) is 7.32. The van der Waals surface area contributed by atoms with Gasteiger partial charge in [0.25, 0.3) is 0 Å². The van der Waals surface area contributed by atoms with Crippen LogP contribution in [0.15, 0.2) is 60.9 Å². The van der Waals surface area contributed by atoms with Crippen LogP contribution in [0.4, 0.5) is 11.5 Å². The van der Waals surface area contributed by atoms with Crippen molar-refractivity contribution in [3.63, 3.8) is 0 Å². The second-order valence-corrected chi connectivity index (χ2v) is 7.84. The van der Waals surface area contributed by atoms with E-state index < -0.39 is 11.0 Å². The summed E-state index contributed by atoms with van der Waals surface area (Å²) >= 11 is 0. The first-order chi connectivity index (χ1) is 14.1. The molecule has 3 aromatic rings. The van der Waals surface area contributed by atoms with Crippen molar-refractivity contribution < 1.29 is 8.95 Å². The molecule has 0 saturated heterocycles. The third-order valence-electron chi connectivity index (χ3n) is 4.56. The molecule has 1 N–H and O–H groups in total. The van der Waals surface area contributed by atoms with Crippen molar-refractivity contribution >= 4 is 22.5 Å². The standard InChI is InChI=1S/C22H26N4O2S/c1-4-26(5-2)29(27)15-17-10-12-18(13-11-17)25-22-14-20(23-16-24-22)19-8-6-7-9-21(19)28-3/h6-14,16H,4-5,15H2,1-3H3,(H,23,24,25). The molecule has 0 bridgehead atoms. The highest BCUT2D eigenvalue weighted by molar-refractivity contribution is 7.81. The van der Waals surface area contributed by atoms with Crippen molar-refractivity contribution in [3.8, 4) is 17.0 Å². The highest BCUT2D eigenvalue weighted by atomic mass is 32.2. The van der Waals surface area contributed by atoms with Gasteiger partial charge in [-0.15, -0.1) is 0 Å². The number of nitrogens with one attached hydrogen (secondary N) is 1. The number of aromatic nitrogens is 2. The van der Waals surface area contributed by atoms with Crippen molar-refractivity contribution in [2.45, 2.75) is 19.6 Å². The van der Waals surface area contributed by atoms with Gasteiger partial charge in [-0.25, -0.2) is 18.5 Å². The van der Waals surface area contributed by atoms with Gasteiger partial charge >= 0.3 is 0 Å². The molecule has 0 spiro atoms. The maximum Gasteiger partial charge on any atom is 0.134 e. The quantitative estimate of drug-likeness (QED) is 0.566. The average Bonchev–Trinajstić information content (AvgIpc) is 2.76. The molecule has 3 rings (SSSR count). The van der Waals surface area contributed by atoms with E-state index in [2.05, 4.69) is 15.3 Å². The lowest BCUT2D eigenvalue weighted by Gasteiger charge is -2.17. The van der Waals surface area contributed by atoms with Crippen LogP contribution in [0.3, 0.4) is 0 Å². The monoisotopic (exact) mass is 410 g/mol. The van der Waals surface area contributed by atoms with Crippen LogP contribution in [-0.4, -0.2) is 38.7 Å². The third-order valence-corrected chi connectivity index (χ3v) is 6.23. The van der Waals surface area contributed by atoms with Gasteiger partial charge in [-0.3, -0.25) is 0 Å². The van der Waals surface area contributed by atoms with E-state index in [1.807, 2.05) is 72.7 Å². The molecule has 29 heavy (non-hydrogen) atoms. The van der Waals surface area contributed by atoms with Crippen LogP contribution in [-0.2, 0) is 16.7 Å². The Hall–Kier alpha value is -2.77. The molecular weight excluding hydrogens is 384 g/mol. The first kappa shape index (κ1) is 21.0. The Labute approximate surface area is 174 Å². The second kappa shape index (κ2) is 10.1. The predicted octanol–water partition coefficient (Wildman–Crippen LogP) is 4.40. The lowest BCUT2D eigenvalue weighted by atomic mass is 10.1. The molecule has 2 aromatic carbocycles. The first-order valence-electron chi connectivity index (χ1n) is 9.59. The van der Waals surface area contributed by atoms with E-state index in [4.69, 9.17) is 4.74 Å². The minimum absolute atomic E-state index is 0.521. The Morgan fingerprint density at radius 2 is 1.76 bits per heavy atom. The van der Waals surface area contributed by atoms with Crippen LogP contribution in [0.2, 0.25) is 0 Å². The van der Waals surface area contributed by atoms with Crippen LogP contribution in [0.1, 0.15) is 19.4 Å². The van der Waals surface area contributed by atoms with Crippen molar-refractivity contribution in [2.24, 2.45) is 0 Å². The minimum Gasteiger partial charge on any atom is -0.496 e. The number of benzene rings is 2. The largest absolute Gasteiger partial charge is 0.496 e. The van der Waals surface area contributed by atoms with Crippen molar-refractivity contribution in [3.05, 3.63) is 66.5 Å². The minimum atomic E-state index is -1.00. The summed E-state index contributed by atoms with van der Waals surface area (Å²) in [6.45, 7) is 5.61. The van der Waals surface area contributed by atoms with Gasteiger partial charge in [-0.1, -0.05) is 38.1 Å². The fraction of sp³-hybridized carbons (Fsp3) is 0.273. The van der Waals surface area contributed by atoms with E-state index in [0.717, 1.165) is 41.3 Å². The lowest BCUT2D eigenvalue weighted by molar-refractivity contribution is 0.416. The topological polar surface area (TPSA) is 67.4 Å². The van der Waals surface area contributed by atoms with Gasteiger partial charge in [-0.2, -0.15) is 0 Å². The molecule has 152 valence electrons. The summed E-state index contributed by atoms with van der Waals surface area (Å²) in [5.41, 5.74) is 3.64. The van der Waals surface area contributed by atoms with E-state index in [0.29, 0.717) is 11.6 Å². The fourth-order valence-corrected chi connectivity index (χ4v) is 4.24. The smallest absolute Gasteiger partial charge is 0.134 e. The number of nitrogens with zero attached hydrogens (tertiary/aromatic N) is 3. The molecule has 6 nitrogen and oxygen atoms in total. The van der Waals surface area contributed by atoms with E-state index in [1.165, 1.54) is 6.33 Å². The molecule has 0 aliphatic rings. The molecule has 0 saturated carbocycles. The number of methoxy groups -OCH3 is 1. The summed E-state index contributed by atoms with van der Waals surface area (Å²) in [4.78, 5) is 8.68. The summed E-state index contributed by atoms with van der Waals surface area (Å²) in [6, 6.07) is 17.6. The highest BCUT2D eigenvalue weighted by Crippen LogP contribution is 2.29. The highest BCUT2D eigenvalue weighted by Gasteiger charge is 2.10. The van der Waals surface area contributed by atoms with Crippen LogP contribution >= 0.6 is 0 Å². The van der Waals surface area contributed by atoms with Gasteiger partial charge in [0, 0.05) is 30.4 Å². The number of hydrogen-bond acceptors (Lipinski definition) is 5. The maximum absolute atomic E-state index is 12.4. The van der Waals surface area contributed by atoms with Crippen LogP contribution in [0.5, 0.6) is 5.75 Å². The molecule has 7 heteroatoms. The SMILES string of the molecule is CCN(CC)S(=O)Cc1ccc(Nc2cc(-c3ccccc3OC)ncn2)cc1. The van der Waals surface area contributed by atoms with Gasteiger partial charge in [0.2, 0.25) is 0 Å². The zero-order valence-electron chi connectivity index (χ0n) is 17.0. The van der Waals surface area contributed by atoms with E-state index >= 15 is 0 Å². The van der Waals surface area contributed by atoms with E-state index in [9.17, 15) is 4.21 Å². The van der Waals surface area contributed by atoms with Crippen LogP contribution in [0.25, 0.3) is 11.3 Å². The molecular formula is C22H26N4O2S. The summed E-state index contributed by atoms with van der Waals surface area (Å²) in [7, 11) is 0.646. The number of rotatable bonds is 9.